The van der Waals surface area contributed by atoms with Gasteiger partial charge in [0.05, 0.1) is 0 Å². The van der Waals surface area contributed by atoms with E-state index in [-0.39, 0.29) is 5.41 Å². The van der Waals surface area contributed by atoms with Crippen LogP contribution in [-0.4, -0.2) is 0 Å². The van der Waals surface area contributed by atoms with Gasteiger partial charge in [-0.15, -0.1) is 0 Å². The first kappa shape index (κ1) is 34.1. The number of benzene rings is 10. The minimum absolute atomic E-state index is 0.0391. The first-order valence-corrected chi connectivity index (χ1v) is 20.3. The highest BCUT2D eigenvalue weighted by Gasteiger charge is 2.36. The lowest BCUT2D eigenvalue weighted by molar-refractivity contribution is 0.660. The van der Waals surface area contributed by atoms with Gasteiger partial charge in [-0.3, -0.25) is 0 Å². The normalized spacial score (nSPS) is 12.8. The van der Waals surface area contributed by atoms with Gasteiger partial charge in [0.25, 0.3) is 0 Å². The molecule has 1 heteroatoms. The zero-order valence-electron chi connectivity index (χ0n) is 32.7. The van der Waals surface area contributed by atoms with Crippen LogP contribution in [0.15, 0.2) is 212 Å². The van der Waals surface area contributed by atoms with Crippen LogP contribution in [-0.2, 0) is 5.41 Å². The first-order chi connectivity index (χ1) is 28.5. The summed E-state index contributed by atoms with van der Waals surface area (Å²) in [5.41, 5.74) is 16.2. The van der Waals surface area contributed by atoms with Crippen molar-refractivity contribution in [1.82, 2.24) is 0 Å². The molecule has 1 aliphatic rings. The molecule has 0 bridgehead atoms. The van der Waals surface area contributed by atoms with E-state index in [9.17, 15) is 0 Å². The summed E-state index contributed by atoms with van der Waals surface area (Å²) < 4.78 is 0. The van der Waals surface area contributed by atoms with Crippen LogP contribution in [0.25, 0.3) is 76.8 Å². The molecule has 58 heavy (non-hydrogen) atoms. The average molecular weight is 740 g/mol. The summed E-state index contributed by atoms with van der Waals surface area (Å²) in [6.07, 6.45) is 0. The van der Waals surface area contributed by atoms with E-state index >= 15 is 0 Å². The van der Waals surface area contributed by atoms with Crippen LogP contribution in [0.5, 0.6) is 0 Å². The fourth-order valence-corrected chi connectivity index (χ4v) is 9.50. The quantitative estimate of drug-likeness (QED) is 0.154. The van der Waals surface area contributed by atoms with E-state index in [1.807, 2.05) is 0 Å². The zero-order chi connectivity index (χ0) is 38.8. The van der Waals surface area contributed by atoms with Crippen LogP contribution in [0.4, 0.5) is 17.1 Å². The lowest BCUT2D eigenvalue weighted by Crippen LogP contribution is -2.14. The van der Waals surface area contributed by atoms with Gasteiger partial charge in [0, 0.05) is 22.5 Å². The molecule has 0 atom stereocenters. The summed E-state index contributed by atoms with van der Waals surface area (Å²) in [5, 5.41) is 7.53. The van der Waals surface area contributed by atoms with Gasteiger partial charge in [-0.2, -0.15) is 0 Å². The Labute approximate surface area is 340 Å². The Morgan fingerprint density at radius 3 is 1.67 bits per heavy atom. The predicted octanol–water partition coefficient (Wildman–Crippen LogP) is 15.9. The second-order valence-corrected chi connectivity index (χ2v) is 16.1. The molecule has 0 unspecified atom stereocenters. The summed E-state index contributed by atoms with van der Waals surface area (Å²) in [6.45, 7) is 4.70. The lowest BCUT2D eigenvalue weighted by Gasteiger charge is -2.26. The largest absolute Gasteiger partial charge is 0.310 e. The molecule has 0 radical (unpaired) electrons. The molecule has 11 rings (SSSR count). The zero-order valence-corrected chi connectivity index (χ0v) is 32.7. The molecule has 1 aliphatic carbocycles. The molecule has 10 aromatic carbocycles. The predicted molar refractivity (Wildman–Crippen MR) is 248 cm³/mol. The molecule has 0 spiro atoms. The van der Waals surface area contributed by atoms with Gasteiger partial charge in [-0.25, -0.2) is 0 Å². The van der Waals surface area contributed by atoms with E-state index in [0.717, 1.165) is 17.1 Å². The average Bonchev–Trinajstić information content (AvgIpc) is 3.52. The molecule has 0 N–H and O–H groups in total. The summed E-state index contributed by atoms with van der Waals surface area (Å²) in [6, 6.07) is 78.1. The Morgan fingerprint density at radius 1 is 0.310 bits per heavy atom. The SMILES string of the molecule is CC1(C)c2ccccc2-c2c(-c3ccc(N(c4ccc(-c5cccc6c5ccc5ccccc56)cc4)c4ccc5cc(-c6ccccc6)ccc5c4)cc3)cccc21. The number of hydrogen-bond acceptors (Lipinski definition) is 1. The van der Waals surface area contributed by atoms with E-state index in [4.69, 9.17) is 0 Å². The molecular formula is C57H41N. The molecule has 0 fully saturated rings. The van der Waals surface area contributed by atoms with E-state index in [2.05, 4.69) is 231 Å². The van der Waals surface area contributed by atoms with E-state index in [1.165, 1.54) is 88.0 Å². The number of nitrogens with zero attached hydrogens (tertiary/aromatic N) is 1. The van der Waals surface area contributed by atoms with Gasteiger partial charge in [0.1, 0.15) is 0 Å². The highest BCUT2D eigenvalue weighted by atomic mass is 15.1. The summed E-state index contributed by atoms with van der Waals surface area (Å²) >= 11 is 0. The maximum atomic E-state index is 2.39. The van der Waals surface area contributed by atoms with E-state index in [1.54, 1.807) is 0 Å². The first-order valence-electron chi connectivity index (χ1n) is 20.3. The number of hydrogen-bond donors (Lipinski definition) is 0. The minimum atomic E-state index is -0.0391. The van der Waals surface area contributed by atoms with Gasteiger partial charge in [0.15, 0.2) is 0 Å². The van der Waals surface area contributed by atoms with Crippen molar-refractivity contribution in [3.05, 3.63) is 223 Å². The third-order valence-corrected chi connectivity index (χ3v) is 12.5. The van der Waals surface area contributed by atoms with Gasteiger partial charge in [-0.05, 0) is 130 Å². The molecule has 0 aromatic heterocycles. The molecule has 0 heterocycles. The molecule has 1 nitrogen and oxygen atoms in total. The highest BCUT2D eigenvalue weighted by molar-refractivity contribution is 6.12. The fourth-order valence-electron chi connectivity index (χ4n) is 9.50. The monoisotopic (exact) mass is 739 g/mol. The second-order valence-electron chi connectivity index (χ2n) is 16.1. The van der Waals surface area contributed by atoms with Crippen molar-refractivity contribution in [3.8, 4) is 44.5 Å². The van der Waals surface area contributed by atoms with Gasteiger partial charge in [-0.1, -0.05) is 184 Å². The smallest absolute Gasteiger partial charge is 0.0468 e. The van der Waals surface area contributed by atoms with E-state index < -0.39 is 0 Å². The topological polar surface area (TPSA) is 3.24 Å². The van der Waals surface area contributed by atoms with Crippen molar-refractivity contribution >= 4 is 49.4 Å². The van der Waals surface area contributed by atoms with Crippen molar-refractivity contribution < 1.29 is 0 Å². The summed E-state index contributed by atoms with van der Waals surface area (Å²) in [4.78, 5) is 2.39. The maximum absolute atomic E-state index is 2.39. The Bertz CT molecular complexity index is 3170. The number of fused-ring (bicyclic) bond motifs is 7. The van der Waals surface area contributed by atoms with E-state index in [0.29, 0.717) is 0 Å². The van der Waals surface area contributed by atoms with Crippen molar-refractivity contribution in [2.45, 2.75) is 19.3 Å². The molecule has 0 amide bonds. The molecule has 0 aliphatic heterocycles. The minimum Gasteiger partial charge on any atom is -0.310 e. The molecule has 0 saturated carbocycles. The van der Waals surface area contributed by atoms with Crippen LogP contribution < -0.4 is 4.90 Å². The van der Waals surface area contributed by atoms with Crippen LogP contribution in [0.2, 0.25) is 0 Å². The molecule has 274 valence electrons. The third kappa shape index (κ3) is 5.54. The summed E-state index contributed by atoms with van der Waals surface area (Å²) in [5.74, 6) is 0. The lowest BCUT2D eigenvalue weighted by atomic mass is 9.82. The van der Waals surface area contributed by atoms with Gasteiger partial charge < -0.3 is 4.90 Å². The maximum Gasteiger partial charge on any atom is 0.0468 e. The molecule has 0 saturated heterocycles. The van der Waals surface area contributed by atoms with Crippen LogP contribution in [0.3, 0.4) is 0 Å². The number of anilines is 3. The molecular weight excluding hydrogens is 699 g/mol. The Kier molecular flexibility index (Phi) is 7.91. The molecule has 10 aromatic rings. The van der Waals surface area contributed by atoms with Crippen LogP contribution in [0.1, 0.15) is 25.0 Å². The van der Waals surface area contributed by atoms with Crippen molar-refractivity contribution in [3.63, 3.8) is 0 Å². The van der Waals surface area contributed by atoms with Gasteiger partial charge >= 0.3 is 0 Å². The van der Waals surface area contributed by atoms with Crippen molar-refractivity contribution in [1.29, 1.82) is 0 Å². The van der Waals surface area contributed by atoms with Crippen LogP contribution in [0, 0.1) is 0 Å². The standard InChI is InChI=1S/C57H41N/c1-57(2)54-20-9-8-16-53(54)56-50(18-11-21-55(56)57)41-26-32-46(33-27-41)58(47-34-28-43-36-42(22-23-44(43)37-47)38-12-4-3-5-13-38)45-30-24-40(25-31-45)49-17-10-19-51-48-15-7-6-14-39(48)29-35-52(49)51/h3-37H,1-2H3. The Morgan fingerprint density at radius 2 is 0.862 bits per heavy atom. The second kappa shape index (κ2) is 13.5. The summed E-state index contributed by atoms with van der Waals surface area (Å²) in [7, 11) is 0. The van der Waals surface area contributed by atoms with Crippen LogP contribution >= 0.6 is 0 Å². The number of rotatable bonds is 6. The van der Waals surface area contributed by atoms with Crippen molar-refractivity contribution in [2.24, 2.45) is 0 Å². The Hall–Kier alpha value is -7.22. The van der Waals surface area contributed by atoms with Gasteiger partial charge in [0.2, 0.25) is 0 Å². The highest BCUT2D eigenvalue weighted by Crippen LogP contribution is 2.52. The fraction of sp³-hybridized carbons (Fsp3) is 0.0526. The van der Waals surface area contributed by atoms with Crippen molar-refractivity contribution in [2.75, 3.05) is 4.90 Å². The third-order valence-electron chi connectivity index (χ3n) is 12.5. The Balaban J connectivity index is 1.01.